The van der Waals surface area contributed by atoms with Crippen molar-refractivity contribution in [1.82, 2.24) is 5.32 Å². The second kappa shape index (κ2) is 9.92. The van der Waals surface area contributed by atoms with Gasteiger partial charge < -0.3 is 14.8 Å². The maximum absolute atomic E-state index is 12.7. The van der Waals surface area contributed by atoms with E-state index in [0.29, 0.717) is 5.75 Å². The first-order valence-electron chi connectivity index (χ1n) is 9.60. The molecule has 0 saturated carbocycles. The van der Waals surface area contributed by atoms with Crippen molar-refractivity contribution in [3.63, 3.8) is 0 Å². The highest BCUT2D eigenvalue weighted by Gasteiger charge is 2.27. The number of benzene rings is 2. The molecule has 0 spiro atoms. The summed E-state index contributed by atoms with van der Waals surface area (Å²) in [5.74, 6) is -0.310. The van der Waals surface area contributed by atoms with Gasteiger partial charge in [0, 0.05) is 11.6 Å². The lowest BCUT2D eigenvalue weighted by Crippen LogP contribution is -2.49. The molecule has 0 aliphatic heterocycles. The molecule has 1 atom stereocenters. The second-order valence-electron chi connectivity index (χ2n) is 7.94. The third kappa shape index (κ3) is 7.45. The molecule has 1 unspecified atom stereocenters. The van der Waals surface area contributed by atoms with Crippen molar-refractivity contribution in [2.24, 2.45) is 0 Å². The molecular formula is C24H29NO4. The number of aryl methyl sites for hydroxylation is 2. The molecule has 0 saturated heterocycles. The number of amides is 1. The number of rotatable bonds is 7. The molecule has 0 aromatic heterocycles. The molecule has 0 heterocycles. The molecule has 5 heteroatoms. The predicted molar refractivity (Wildman–Crippen MR) is 115 cm³/mol. The van der Waals surface area contributed by atoms with Crippen LogP contribution in [0.25, 0.3) is 6.08 Å². The maximum atomic E-state index is 12.7. The van der Waals surface area contributed by atoms with Crippen LogP contribution in [0.3, 0.4) is 0 Å². The van der Waals surface area contributed by atoms with Gasteiger partial charge >= 0.3 is 5.97 Å². The fourth-order valence-electron chi connectivity index (χ4n) is 2.71. The van der Waals surface area contributed by atoms with Gasteiger partial charge in [0.2, 0.25) is 6.10 Å². The van der Waals surface area contributed by atoms with Gasteiger partial charge in [-0.1, -0.05) is 48.5 Å². The van der Waals surface area contributed by atoms with Crippen LogP contribution in [-0.4, -0.2) is 30.1 Å². The number of para-hydroxylation sites is 1. The minimum Gasteiger partial charge on any atom is -0.489 e. The van der Waals surface area contributed by atoms with Crippen molar-refractivity contribution >= 4 is 18.0 Å². The summed E-state index contributed by atoms with van der Waals surface area (Å²) in [5.41, 5.74) is 2.32. The van der Waals surface area contributed by atoms with Gasteiger partial charge in [-0.25, -0.2) is 4.79 Å². The Morgan fingerprint density at radius 2 is 1.62 bits per heavy atom. The topological polar surface area (TPSA) is 64.6 Å². The molecule has 0 fully saturated rings. The van der Waals surface area contributed by atoms with Crippen LogP contribution in [0.5, 0.6) is 5.75 Å². The van der Waals surface area contributed by atoms with Gasteiger partial charge in [-0.2, -0.15) is 0 Å². The third-order valence-corrected chi connectivity index (χ3v) is 4.05. The molecule has 1 N–H and O–H groups in total. The molecule has 154 valence electrons. The Hall–Kier alpha value is -3.08. The van der Waals surface area contributed by atoms with E-state index in [2.05, 4.69) is 5.32 Å². The zero-order chi connectivity index (χ0) is 21.4. The van der Waals surface area contributed by atoms with Crippen molar-refractivity contribution in [3.8, 4) is 5.75 Å². The minimum atomic E-state index is -1.07. The van der Waals surface area contributed by atoms with Crippen LogP contribution >= 0.6 is 0 Å². The highest BCUT2D eigenvalue weighted by molar-refractivity contribution is 5.90. The second-order valence-corrected chi connectivity index (χ2v) is 7.94. The summed E-state index contributed by atoms with van der Waals surface area (Å²) in [7, 11) is 0. The van der Waals surface area contributed by atoms with Crippen molar-refractivity contribution in [2.75, 3.05) is 6.61 Å². The molecule has 0 aliphatic rings. The molecule has 5 nitrogen and oxygen atoms in total. The van der Waals surface area contributed by atoms with E-state index in [1.807, 2.05) is 83.1 Å². The molecule has 1 amide bonds. The van der Waals surface area contributed by atoms with E-state index in [0.717, 1.165) is 16.7 Å². The van der Waals surface area contributed by atoms with Crippen LogP contribution in [0.2, 0.25) is 0 Å². The lowest BCUT2D eigenvalue weighted by Gasteiger charge is -2.25. The summed E-state index contributed by atoms with van der Waals surface area (Å²) in [6.07, 6.45) is 1.89. The summed E-state index contributed by atoms with van der Waals surface area (Å²) in [6, 6.07) is 15.2. The van der Waals surface area contributed by atoms with Crippen LogP contribution < -0.4 is 10.1 Å². The Labute approximate surface area is 172 Å². The number of nitrogens with one attached hydrogen (secondary N) is 1. The number of hydrogen-bond donors (Lipinski definition) is 1. The average Bonchev–Trinajstić information content (AvgIpc) is 2.64. The highest BCUT2D eigenvalue weighted by Crippen LogP contribution is 2.22. The predicted octanol–water partition coefficient (Wildman–Crippen LogP) is 4.22. The largest absolute Gasteiger partial charge is 0.489 e. The SMILES string of the molecule is Cc1cccc(C)c1OCC(OC(=O)/C=C/c1ccccc1)C(=O)NC(C)(C)C. The summed E-state index contributed by atoms with van der Waals surface area (Å²) < 4.78 is 11.3. The van der Waals surface area contributed by atoms with Crippen molar-refractivity contribution in [2.45, 2.75) is 46.3 Å². The van der Waals surface area contributed by atoms with E-state index in [9.17, 15) is 9.59 Å². The highest BCUT2D eigenvalue weighted by atomic mass is 16.6. The summed E-state index contributed by atoms with van der Waals surface area (Å²) in [4.78, 5) is 25.0. The van der Waals surface area contributed by atoms with Gasteiger partial charge in [-0.15, -0.1) is 0 Å². The van der Waals surface area contributed by atoms with E-state index >= 15 is 0 Å². The van der Waals surface area contributed by atoms with Gasteiger partial charge in [0.15, 0.2) is 0 Å². The van der Waals surface area contributed by atoms with Gasteiger partial charge in [0.05, 0.1) is 0 Å². The summed E-state index contributed by atoms with van der Waals surface area (Å²) in [5, 5.41) is 2.84. The smallest absolute Gasteiger partial charge is 0.331 e. The molecule has 2 aromatic rings. The molecule has 2 aromatic carbocycles. The van der Waals surface area contributed by atoms with Gasteiger partial charge in [-0.05, 0) is 57.4 Å². The standard InChI is InChI=1S/C24H29NO4/c1-17-10-9-11-18(2)22(17)28-16-20(23(27)25-24(3,4)5)29-21(26)15-14-19-12-7-6-8-13-19/h6-15,20H,16H2,1-5H3,(H,25,27)/b15-14+. The number of ether oxygens (including phenoxy) is 2. The van der Waals surface area contributed by atoms with E-state index in [4.69, 9.17) is 9.47 Å². The van der Waals surface area contributed by atoms with Crippen molar-refractivity contribution in [1.29, 1.82) is 0 Å². The number of hydrogen-bond acceptors (Lipinski definition) is 4. The van der Waals surface area contributed by atoms with Gasteiger partial charge in [0.25, 0.3) is 5.91 Å². The van der Waals surface area contributed by atoms with Crippen LogP contribution in [0, 0.1) is 13.8 Å². The Morgan fingerprint density at radius 3 is 2.21 bits per heavy atom. The lowest BCUT2D eigenvalue weighted by molar-refractivity contribution is -0.153. The normalized spacial score (nSPS) is 12.4. The first kappa shape index (κ1) is 22.2. The van der Waals surface area contributed by atoms with E-state index in [-0.39, 0.29) is 6.61 Å². The fourth-order valence-corrected chi connectivity index (χ4v) is 2.71. The number of esters is 1. The fraction of sp³-hybridized carbons (Fsp3) is 0.333. The van der Waals surface area contributed by atoms with Crippen molar-refractivity contribution in [3.05, 3.63) is 71.3 Å². The first-order valence-corrected chi connectivity index (χ1v) is 9.60. The van der Waals surface area contributed by atoms with Crippen molar-refractivity contribution < 1.29 is 19.1 Å². The zero-order valence-electron chi connectivity index (χ0n) is 17.7. The summed E-state index contributed by atoms with van der Waals surface area (Å²) in [6.45, 7) is 9.39. The Balaban J connectivity index is 2.11. The van der Waals surface area contributed by atoms with Crippen LogP contribution in [0.15, 0.2) is 54.6 Å². The number of carbonyl (C=O) groups excluding carboxylic acids is 2. The monoisotopic (exact) mass is 395 g/mol. The maximum Gasteiger partial charge on any atom is 0.331 e. The third-order valence-electron chi connectivity index (χ3n) is 4.05. The van der Waals surface area contributed by atoms with E-state index < -0.39 is 23.5 Å². The first-order chi connectivity index (χ1) is 13.7. The van der Waals surface area contributed by atoms with Gasteiger partial charge in [0.1, 0.15) is 12.4 Å². The van der Waals surface area contributed by atoms with Crippen LogP contribution in [0.4, 0.5) is 0 Å². The quantitative estimate of drug-likeness (QED) is 0.563. The number of carbonyl (C=O) groups is 2. The molecule has 0 aliphatic carbocycles. The molecule has 0 radical (unpaired) electrons. The summed E-state index contributed by atoms with van der Waals surface area (Å²) >= 11 is 0. The molecular weight excluding hydrogens is 366 g/mol. The molecule has 0 bridgehead atoms. The Morgan fingerprint density at radius 1 is 1.00 bits per heavy atom. The molecule has 2 rings (SSSR count). The van der Waals surface area contributed by atoms with Gasteiger partial charge in [-0.3, -0.25) is 4.79 Å². The Bertz CT molecular complexity index is 846. The minimum absolute atomic E-state index is 0.0709. The average molecular weight is 395 g/mol. The van der Waals surface area contributed by atoms with Crippen LogP contribution in [0.1, 0.15) is 37.5 Å². The Kier molecular flexibility index (Phi) is 7.59. The zero-order valence-corrected chi connectivity index (χ0v) is 17.7. The molecule has 29 heavy (non-hydrogen) atoms. The lowest BCUT2D eigenvalue weighted by atomic mass is 10.1. The van der Waals surface area contributed by atoms with Crippen LogP contribution in [-0.2, 0) is 14.3 Å². The van der Waals surface area contributed by atoms with E-state index in [1.54, 1.807) is 6.08 Å². The van der Waals surface area contributed by atoms with E-state index in [1.165, 1.54) is 6.08 Å².